The van der Waals surface area contributed by atoms with Crippen LogP contribution in [-0.4, -0.2) is 15.1 Å². The summed E-state index contributed by atoms with van der Waals surface area (Å²) in [6, 6.07) is 1.76. The van der Waals surface area contributed by atoms with Gasteiger partial charge in [0.05, 0.1) is 17.5 Å². The van der Waals surface area contributed by atoms with Crippen molar-refractivity contribution in [3.8, 4) is 0 Å². The second-order valence-electron chi connectivity index (χ2n) is 4.71. The molecule has 0 fully saturated rings. The highest BCUT2D eigenvalue weighted by Crippen LogP contribution is 2.27. The van der Waals surface area contributed by atoms with E-state index in [9.17, 15) is 4.79 Å². The smallest absolute Gasteiger partial charge is 0.259 e. The number of aromatic amines is 1. The molecule has 3 heterocycles. The molecule has 1 N–H and O–H groups in total. The third-order valence-electron chi connectivity index (χ3n) is 2.98. The number of fused-ring (bicyclic) bond motifs is 1. The lowest BCUT2D eigenvalue weighted by Gasteiger charge is -2.02. The first-order valence-corrected chi connectivity index (χ1v) is 6.92. The van der Waals surface area contributed by atoms with E-state index >= 15 is 0 Å². The highest BCUT2D eigenvalue weighted by molar-refractivity contribution is 7.16. The molecule has 0 aliphatic carbocycles. The number of nitrogens with one attached hydrogen (secondary N) is 1. The van der Waals surface area contributed by atoms with Crippen LogP contribution in [0.25, 0.3) is 10.2 Å². The van der Waals surface area contributed by atoms with Crippen LogP contribution < -0.4 is 5.56 Å². The second kappa shape index (κ2) is 4.62. The Bertz CT molecular complexity index is 756. The highest BCUT2D eigenvalue weighted by Gasteiger charge is 2.14. The zero-order chi connectivity index (χ0) is 13.4. The molecule has 98 valence electrons. The number of rotatable bonds is 3. The molecule has 3 aromatic heterocycles. The Hall–Kier alpha value is -1.95. The molecule has 0 spiro atoms. The van der Waals surface area contributed by atoms with Crippen LogP contribution in [0.2, 0.25) is 0 Å². The first-order chi connectivity index (χ1) is 9.15. The van der Waals surface area contributed by atoms with Gasteiger partial charge in [0.25, 0.3) is 5.56 Å². The van der Waals surface area contributed by atoms with Gasteiger partial charge in [-0.1, -0.05) is 19.0 Å². The molecule has 0 aromatic carbocycles. The van der Waals surface area contributed by atoms with Gasteiger partial charge in [-0.3, -0.25) is 4.79 Å². The number of hydrogen-bond acceptors (Lipinski definition) is 5. The standard InChI is InChI=1S/C13H13N3O2S/c1-7(2)9-6-19-13-11(9)12(17)14-10(15-13)5-8-3-4-18-16-8/h3-4,6-7H,5H2,1-2H3,(H,14,15,17). The van der Waals surface area contributed by atoms with Crippen LogP contribution in [0.5, 0.6) is 0 Å². The predicted molar refractivity (Wildman–Crippen MR) is 73.6 cm³/mol. The van der Waals surface area contributed by atoms with E-state index in [1.807, 2.05) is 5.38 Å². The van der Waals surface area contributed by atoms with Crippen molar-refractivity contribution in [1.29, 1.82) is 0 Å². The Labute approximate surface area is 113 Å². The number of hydrogen-bond donors (Lipinski definition) is 1. The molecular formula is C13H13N3O2S. The van der Waals surface area contributed by atoms with Gasteiger partial charge in [-0.2, -0.15) is 0 Å². The van der Waals surface area contributed by atoms with Gasteiger partial charge in [0.15, 0.2) is 0 Å². The van der Waals surface area contributed by atoms with Crippen LogP contribution in [0, 0.1) is 0 Å². The molecule has 0 saturated carbocycles. The molecule has 0 saturated heterocycles. The summed E-state index contributed by atoms with van der Waals surface area (Å²) < 4.78 is 4.77. The Kier molecular flexibility index (Phi) is 2.94. The molecule has 0 aliphatic heterocycles. The number of aromatic nitrogens is 3. The van der Waals surface area contributed by atoms with E-state index in [-0.39, 0.29) is 5.56 Å². The van der Waals surface area contributed by atoms with E-state index in [1.165, 1.54) is 17.6 Å². The summed E-state index contributed by atoms with van der Waals surface area (Å²) in [7, 11) is 0. The third kappa shape index (κ3) is 2.19. The molecule has 19 heavy (non-hydrogen) atoms. The van der Waals surface area contributed by atoms with Gasteiger partial charge in [0.1, 0.15) is 16.9 Å². The predicted octanol–water partition coefficient (Wildman–Crippen LogP) is 2.69. The van der Waals surface area contributed by atoms with Crippen LogP contribution in [0.15, 0.2) is 27.0 Å². The number of thiophene rings is 1. The quantitative estimate of drug-likeness (QED) is 0.797. The van der Waals surface area contributed by atoms with Crippen molar-refractivity contribution >= 4 is 21.6 Å². The summed E-state index contributed by atoms with van der Waals surface area (Å²) in [5.74, 6) is 0.932. The first-order valence-electron chi connectivity index (χ1n) is 6.04. The van der Waals surface area contributed by atoms with Gasteiger partial charge in [-0.15, -0.1) is 11.3 Å². The minimum atomic E-state index is -0.0755. The third-order valence-corrected chi connectivity index (χ3v) is 3.87. The molecule has 6 heteroatoms. The van der Waals surface area contributed by atoms with E-state index in [0.717, 1.165) is 16.1 Å². The second-order valence-corrected chi connectivity index (χ2v) is 5.56. The Morgan fingerprint density at radius 2 is 2.32 bits per heavy atom. The molecule has 3 aromatic rings. The van der Waals surface area contributed by atoms with Gasteiger partial charge < -0.3 is 9.51 Å². The van der Waals surface area contributed by atoms with Crippen molar-refractivity contribution < 1.29 is 4.52 Å². The minimum Gasteiger partial charge on any atom is -0.364 e. The summed E-state index contributed by atoms with van der Waals surface area (Å²) in [4.78, 5) is 20.3. The maximum atomic E-state index is 12.2. The lowest BCUT2D eigenvalue weighted by atomic mass is 10.0. The fourth-order valence-corrected chi connectivity index (χ4v) is 3.14. The van der Waals surface area contributed by atoms with Crippen molar-refractivity contribution in [2.75, 3.05) is 0 Å². The average Bonchev–Trinajstić information content (AvgIpc) is 2.97. The summed E-state index contributed by atoms with van der Waals surface area (Å²) in [5.41, 5.74) is 1.73. The highest BCUT2D eigenvalue weighted by atomic mass is 32.1. The van der Waals surface area contributed by atoms with Gasteiger partial charge >= 0.3 is 0 Å². The van der Waals surface area contributed by atoms with E-state index in [4.69, 9.17) is 4.52 Å². The van der Waals surface area contributed by atoms with E-state index in [2.05, 4.69) is 29.0 Å². The molecule has 0 bridgehead atoms. The van der Waals surface area contributed by atoms with E-state index < -0.39 is 0 Å². The number of nitrogens with zero attached hydrogens (tertiary/aromatic N) is 2. The molecule has 0 atom stereocenters. The van der Waals surface area contributed by atoms with E-state index in [0.29, 0.717) is 23.5 Å². The summed E-state index contributed by atoms with van der Waals surface area (Å²) >= 11 is 1.51. The molecular weight excluding hydrogens is 262 g/mol. The molecule has 0 amide bonds. The van der Waals surface area contributed by atoms with E-state index in [1.54, 1.807) is 6.07 Å². The lowest BCUT2D eigenvalue weighted by Crippen LogP contribution is -2.12. The fourth-order valence-electron chi connectivity index (χ4n) is 2.02. The minimum absolute atomic E-state index is 0.0755. The molecule has 0 radical (unpaired) electrons. The SMILES string of the molecule is CC(C)c1csc2nc(Cc3ccon3)[nH]c(=O)c12. The molecule has 3 rings (SSSR count). The van der Waals surface area contributed by atoms with Crippen molar-refractivity contribution in [3.05, 3.63) is 45.1 Å². The van der Waals surface area contributed by atoms with Crippen molar-refractivity contribution in [1.82, 2.24) is 15.1 Å². The first kappa shape index (κ1) is 12.1. The van der Waals surface area contributed by atoms with Crippen molar-refractivity contribution in [2.45, 2.75) is 26.2 Å². The lowest BCUT2D eigenvalue weighted by molar-refractivity contribution is 0.412. The summed E-state index contributed by atoms with van der Waals surface area (Å²) in [6.07, 6.45) is 1.98. The zero-order valence-corrected chi connectivity index (χ0v) is 11.5. The van der Waals surface area contributed by atoms with Gasteiger partial charge in [-0.25, -0.2) is 4.98 Å². The maximum Gasteiger partial charge on any atom is 0.259 e. The van der Waals surface area contributed by atoms with Crippen LogP contribution >= 0.6 is 11.3 Å². The van der Waals surface area contributed by atoms with Gasteiger partial charge in [0.2, 0.25) is 0 Å². The monoisotopic (exact) mass is 275 g/mol. The molecule has 0 unspecified atom stereocenters. The fraction of sp³-hybridized carbons (Fsp3) is 0.308. The maximum absolute atomic E-state index is 12.2. The van der Waals surface area contributed by atoms with Crippen molar-refractivity contribution in [2.24, 2.45) is 0 Å². The zero-order valence-electron chi connectivity index (χ0n) is 10.6. The summed E-state index contributed by atoms with van der Waals surface area (Å²) in [6.45, 7) is 4.15. The van der Waals surface area contributed by atoms with Crippen LogP contribution in [0.4, 0.5) is 0 Å². The van der Waals surface area contributed by atoms with Gasteiger partial charge in [0, 0.05) is 6.07 Å². The largest absolute Gasteiger partial charge is 0.364 e. The summed E-state index contributed by atoms with van der Waals surface area (Å²) in [5, 5.41) is 6.54. The molecule has 0 aliphatic rings. The Morgan fingerprint density at radius 1 is 1.47 bits per heavy atom. The Balaban J connectivity index is 2.08. The van der Waals surface area contributed by atoms with Crippen LogP contribution in [0.1, 0.15) is 36.8 Å². The normalized spacial score (nSPS) is 11.5. The van der Waals surface area contributed by atoms with Gasteiger partial charge in [-0.05, 0) is 16.9 Å². The Morgan fingerprint density at radius 3 is 3.00 bits per heavy atom. The molecule has 5 nitrogen and oxygen atoms in total. The van der Waals surface area contributed by atoms with Crippen LogP contribution in [-0.2, 0) is 6.42 Å². The average molecular weight is 275 g/mol. The van der Waals surface area contributed by atoms with Crippen molar-refractivity contribution in [3.63, 3.8) is 0 Å². The topological polar surface area (TPSA) is 71.8 Å². The van der Waals surface area contributed by atoms with Crippen LogP contribution in [0.3, 0.4) is 0 Å². The number of H-pyrrole nitrogens is 1.